The Morgan fingerprint density at radius 1 is 1.13 bits per heavy atom. The van der Waals surface area contributed by atoms with Gasteiger partial charge in [-0.3, -0.25) is 9.78 Å². The van der Waals surface area contributed by atoms with E-state index < -0.39 is 35.8 Å². The molecule has 5 aliphatic rings. The number of rotatable bonds is 7. The number of terminal acetylenes is 1. The van der Waals surface area contributed by atoms with Crippen LogP contribution in [0.1, 0.15) is 48.6 Å². The summed E-state index contributed by atoms with van der Waals surface area (Å²) < 4.78 is 36.5. The van der Waals surface area contributed by atoms with E-state index in [1.807, 2.05) is 28.9 Å². The summed E-state index contributed by atoms with van der Waals surface area (Å²) in [6.07, 6.45) is 11.0. The number of pyridine rings is 1. The molecule has 52 heavy (non-hydrogen) atoms. The average molecular weight is 712 g/mol. The summed E-state index contributed by atoms with van der Waals surface area (Å²) in [4.78, 5) is 34.8. The van der Waals surface area contributed by atoms with Gasteiger partial charge in [0.25, 0.3) is 0 Å². The van der Waals surface area contributed by atoms with E-state index in [4.69, 9.17) is 21.1 Å². The molecule has 3 saturated heterocycles. The number of aromatic nitrogens is 3. The first kappa shape index (κ1) is 34.3. The second-order valence-electron chi connectivity index (χ2n) is 15.0. The molecule has 1 unspecified atom stereocenters. The zero-order valence-corrected chi connectivity index (χ0v) is 29.2. The smallest absolute Gasteiger partial charge is 0.318 e. The first-order valence-corrected chi connectivity index (χ1v) is 18.0. The van der Waals surface area contributed by atoms with Gasteiger partial charge in [-0.05, 0) is 56.0 Å². The van der Waals surface area contributed by atoms with Crippen molar-refractivity contribution in [3.05, 3.63) is 77.5 Å². The number of fused-ring (bicyclic) bond motifs is 4. The standard InChI is InChI=1S/C39H43F2N7O4/c1-4-29-31(41)9-6-23-14-28(49)20-46(36(23)29)26-7-8-30-32(15-26)43-38(52-22-39(3)17-24(40)18-47(39)25-10-12-42-13-11-25)44-37(30)45-19-27-16-34(50)33(21-45)48(27)35(51)5-2/h1,5-6,9-13,24,26-28,33-34,49-50H,2,7-8,14-22H2,3H3/t24-,26-,27-,28-,33-,34?,39+/m1/s1. The quantitative estimate of drug-likeness (QED) is 0.280. The first-order chi connectivity index (χ1) is 25.1. The van der Waals surface area contributed by atoms with Crippen molar-refractivity contribution in [3.8, 4) is 18.4 Å². The number of halogens is 2. The zero-order valence-electron chi connectivity index (χ0n) is 29.2. The Hall–Kier alpha value is -4.80. The SMILES string of the molecule is C#Cc1c(F)ccc2c1N([C@@H]1CCc3c(nc(OC[C@]4(C)C[C@@H](F)CN4c4ccncc4)nc3N3C[C@H]4CC(O)[C@@H](C3)N4C(=O)C=C)C1)C[C@H](O)C2. The number of hydrogen-bond donors (Lipinski definition) is 2. The molecule has 11 nitrogen and oxygen atoms in total. The lowest BCUT2D eigenvalue weighted by Gasteiger charge is -2.44. The highest BCUT2D eigenvalue weighted by atomic mass is 19.1. The summed E-state index contributed by atoms with van der Waals surface area (Å²) in [5, 5.41) is 21.9. The summed E-state index contributed by atoms with van der Waals surface area (Å²) >= 11 is 0. The zero-order chi connectivity index (χ0) is 36.3. The van der Waals surface area contributed by atoms with Gasteiger partial charge in [0.05, 0.1) is 46.8 Å². The molecule has 2 bridgehead atoms. The van der Waals surface area contributed by atoms with Crippen molar-refractivity contribution < 1.29 is 28.5 Å². The molecule has 13 heteroatoms. The van der Waals surface area contributed by atoms with Gasteiger partial charge in [0.2, 0.25) is 5.91 Å². The number of aliphatic hydroxyl groups is 2. The molecule has 3 fully saturated rings. The van der Waals surface area contributed by atoms with E-state index in [-0.39, 0.29) is 49.1 Å². The van der Waals surface area contributed by atoms with Crippen LogP contribution < -0.4 is 19.4 Å². The minimum atomic E-state index is -1.04. The van der Waals surface area contributed by atoms with E-state index in [2.05, 4.69) is 22.4 Å². The van der Waals surface area contributed by atoms with Crippen LogP contribution in [0.5, 0.6) is 6.01 Å². The summed E-state index contributed by atoms with van der Waals surface area (Å²) in [7, 11) is 0. The second-order valence-corrected chi connectivity index (χ2v) is 15.0. The fourth-order valence-corrected chi connectivity index (χ4v) is 9.28. The number of nitrogens with zero attached hydrogens (tertiary/aromatic N) is 7. The van der Waals surface area contributed by atoms with Crippen LogP contribution in [0, 0.1) is 18.2 Å². The number of piperazine rings is 1. The summed E-state index contributed by atoms with van der Waals surface area (Å²) in [5.74, 6) is 2.56. The third kappa shape index (κ3) is 5.91. The van der Waals surface area contributed by atoms with Crippen LogP contribution in [0.15, 0.2) is 49.3 Å². The largest absolute Gasteiger partial charge is 0.461 e. The van der Waals surface area contributed by atoms with Crippen molar-refractivity contribution in [2.75, 3.05) is 47.5 Å². The van der Waals surface area contributed by atoms with Gasteiger partial charge < -0.3 is 34.5 Å². The van der Waals surface area contributed by atoms with Crippen LogP contribution in [0.25, 0.3) is 0 Å². The van der Waals surface area contributed by atoms with Crippen molar-refractivity contribution >= 4 is 23.1 Å². The average Bonchev–Trinajstić information content (AvgIpc) is 3.56. The molecule has 0 saturated carbocycles. The summed E-state index contributed by atoms with van der Waals surface area (Å²) in [5.41, 5.74) is 3.52. The highest BCUT2D eigenvalue weighted by Gasteiger charge is 2.49. The number of alkyl halides is 1. The summed E-state index contributed by atoms with van der Waals surface area (Å²) in [6.45, 7) is 7.13. The molecular formula is C39H43F2N7O4. The molecule has 0 spiro atoms. The van der Waals surface area contributed by atoms with Crippen LogP contribution >= 0.6 is 0 Å². The second kappa shape index (κ2) is 13.3. The lowest BCUT2D eigenvalue weighted by atomic mass is 9.87. The summed E-state index contributed by atoms with van der Waals surface area (Å²) in [6, 6.07) is 6.14. The Morgan fingerprint density at radius 2 is 1.94 bits per heavy atom. The van der Waals surface area contributed by atoms with Gasteiger partial charge in [-0.15, -0.1) is 6.42 Å². The Balaban J connectivity index is 1.14. The number of aliphatic hydroxyl groups excluding tert-OH is 2. The molecule has 8 rings (SSSR count). The normalized spacial score (nSPS) is 29.4. The van der Waals surface area contributed by atoms with Gasteiger partial charge in [-0.2, -0.15) is 9.97 Å². The van der Waals surface area contributed by atoms with Gasteiger partial charge >= 0.3 is 6.01 Å². The minimum absolute atomic E-state index is 0.124. The van der Waals surface area contributed by atoms with Gasteiger partial charge in [0.15, 0.2) is 0 Å². The molecular weight excluding hydrogens is 668 g/mol. The Morgan fingerprint density at radius 3 is 2.69 bits per heavy atom. The van der Waals surface area contributed by atoms with Crippen LogP contribution in [0.2, 0.25) is 0 Å². The molecule has 1 amide bonds. The Labute approximate surface area is 301 Å². The van der Waals surface area contributed by atoms with E-state index in [1.54, 1.807) is 23.4 Å². The Kier molecular flexibility index (Phi) is 8.78. The Bertz CT molecular complexity index is 1930. The number of ether oxygens (including phenoxy) is 1. The maximum Gasteiger partial charge on any atom is 0.318 e. The van der Waals surface area contributed by atoms with Crippen LogP contribution in [-0.2, 0) is 24.1 Å². The van der Waals surface area contributed by atoms with Gasteiger partial charge in [0, 0.05) is 75.1 Å². The molecule has 3 aromatic rings. The molecule has 0 radical (unpaired) electrons. The van der Waals surface area contributed by atoms with E-state index in [1.165, 1.54) is 12.1 Å². The third-order valence-corrected chi connectivity index (χ3v) is 11.6. The van der Waals surface area contributed by atoms with Crippen molar-refractivity contribution in [3.63, 3.8) is 0 Å². The molecule has 6 heterocycles. The molecule has 1 aliphatic carbocycles. The van der Waals surface area contributed by atoms with Crippen molar-refractivity contribution in [1.29, 1.82) is 0 Å². The fourth-order valence-electron chi connectivity index (χ4n) is 9.28. The number of benzene rings is 1. The first-order valence-electron chi connectivity index (χ1n) is 18.0. The molecule has 4 aliphatic heterocycles. The van der Waals surface area contributed by atoms with Gasteiger partial charge in [0.1, 0.15) is 24.4 Å². The molecule has 1 aromatic carbocycles. The highest BCUT2D eigenvalue weighted by molar-refractivity contribution is 5.88. The van der Waals surface area contributed by atoms with E-state index in [0.717, 1.165) is 22.5 Å². The molecule has 272 valence electrons. The number of amides is 1. The highest BCUT2D eigenvalue weighted by Crippen LogP contribution is 2.41. The van der Waals surface area contributed by atoms with Gasteiger partial charge in [-0.1, -0.05) is 18.6 Å². The molecule has 2 aromatic heterocycles. The van der Waals surface area contributed by atoms with Crippen molar-refractivity contribution in [1.82, 2.24) is 19.9 Å². The minimum Gasteiger partial charge on any atom is -0.461 e. The predicted molar refractivity (Wildman–Crippen MR) is 192 cm³/mol. The number of anilines is 3. The maximum atomic E-state index is 15.0. The lowest BCUT2D eigenvalue weighted by molar-refractivity contribution is -0.130. The van der Waals surface area contributed by atoms with E-state index >= 15 is 8.78 Å². The molecule has 7 atom stereocenters. The number of carbonyl (C=O) groups is 1. The van der Waals surface area contributed by atoms with Crippen molar-refractivity contribution in [2.24, 2.45) is 0 Å². The van der Waals surface area contributed by atoms with E-state index in [0.29, 0.717) is 63.2 Å². The lowest BCUT2D eigenvalue weighted by Crippen LogP contribution is -2.57. The predicted octanol–water partition coefficient (Wildman–Crippen LogP) is 3.00. The van der Waals surface area contributed by atoms with Crippen molar-refractivity contribution in [2.45, 2.75) is 87.5 Å². The van der Waals surface area contributed by atoms with E-state index in [9.17, 15) is 15.0 Å². The van der Waals surface area contributed by atoms with Crippen LogP contribution in [0.4, 0.5) is 26.0 Å². The number of β-amino-alcohol motifs (C(OH)–C–C–N with tert-alkyl or cyclic N) is 1. The van der Waals surface area contributed by atoms with Gasteiger partial charge in [-0.25, -0.2) is 8.78 Å². The maximum absolute atomic E-state index is 15.0. The third-order valence-electron chi connectivity index (χ3n) is 11.6. The number of carbonyl (C=O) groups excluding carboxylic acids is 1. The number of hydrogen-bond acceptors (Lipinski definition) is 10. The topological polar surface area (TPSA) is 118 Å². The van der Waals surface area contributed by atoms with Crippen LogP contribution in [-0.4, -0.2) is 111 Å². The fraction of sp³-hybridized carbons (Fsp3) is 0.487. The van der Waals surface area contributed by atoms with Crippen LogP contribution in [0.3, 0.4) is 0 Å². The molecule has 2 N–H and O–H groups in total. The monoisotopic (exact) mass is 711 g/mol.